The van der Waals surface area contributed by atoms with Crippen LogP contribution in [0.3, 0.4) is 0 Å². The van der Waals surface area contributed by atoms with E-state index in [1.807, 2.05) is 11.8 Å². The van der Waals surface area contributed by atoms with Crippen LogP contribution in [-0.4, -0.2) is 4.57 Å². The summed E-state index contributed by atoms with van der Waals surface area (Å²) >= 11 is 1.84. The lowest BCUT2D eigenvalue weighted by molar-refractivity contribution is 0.728. The predicted octanol–water partition coefficient (Wildman–Crippen LogP) is 13.1. The summed E-state index contributed by atoms with van der Waals surface area (Å²) in [7, 11) is 0. The summed E-state index contributed by atoms with van der Waals surface area (Å²) < 4.78 is 2.51. The van der Waals surface area contributed by atoms with Crippen LogP contribution in [0.25, 0.3) is 38.6 Å². The summed E-state index contributed by atoms with van der Waals surface area (Å²) in [5.41, 5.74) is 14.4. The molecule has 0 amide bonds. The van der Waals surface area contributed by atoms with Crippen LogP contribution in [0, 0.1) is 0 Å². The van der Waals surface area contributed by atoms with E-state index < -0.39 is 5.41 Å². The van der Waals surface area contributed by atoms with Gasteiger partial charge in [0.2, 0.25) is 0 Å². The highest BCUT2D eigenvalue weighted by Gasteiger charge is 2.45. The van der Waals surface area contributed by atoms with Crippen LogP contribution < -0.4 is 4.90 Å². The number of anilines is 3. The minimum Gasteiger partial charge on any atom is -0.309 e. The molecule has 2 nitrogen and oxygen atoms in total. The van der Waals surface area contributed by atoms with Crippen LogP contribution in [-0.2, 0) is 5.41 Å². The zero-order valence-electron chi connectivity index (χ0n) is 28.3. The van der Waals surface area contributed by atoms with Crippen molar-refractivity contribution in [2.75, 3.05) is 4.90 Å². The molecule has 2 aliphatic rings. The van der Waals surface area contributed by atoms with Crippen LogP contribution in [0.4, 0.5) is 17.1 Å². The van der Waals surface area contributed by atoms with Gasteiger partial charge in [-0.05, 0) is 88.0 Å². The standard InChI is InChI=1S/C49H32N2S/c1-3-14-35(15-4-1)49(36-16-5-2-6-17-36)40-19-7-8-21-43(40)51-42-31-28-34(32-39(42)38-18-13-20-41(49)48(38)51)33-26-29-37(30-27-33)50-44-22-9-11-24-46(44)52-47-25-12-10-23-45(47)50/h1-32H. The monoisotopic (exact) mass is 680 g/mol. The van der Waals surface area contributed by atoms with Gasteiger partial charge < -0.3 is 9.47 Å². The Morgan fingerprint density at radius 1 is 0.404 bits per heavy atom. The molecule has 244 valence electrons. The quantitative estimate of drug-likeness (QED) is 0.183. The topological polar surface area (TPSA) is 8.17 Å². The molecule has 1 aromatic heterocycles. The van der Waals surface area contributed by atoms with Crippen molar-refractivity contribution in [1.29, 1.82) is 0 Å². The van der Waals surface area contributed by atoms with E-state index in [1.165, 1.54) is 82.0 Å². The van der Waals surface area contributed by atoms with E-state index in [2.05, 4.69) is 204 Å². The van der Waals surface area contributed by atoms with E-state index in [1.54, 1.807) is 0 Å². The highest BCUT2D eigenvalue weighted by Crippen LogP contribution is 2.55. The number of para-hydroxylation sites is 4. The van der Waals surface area contributed by atoms with Gasteiger partial charge in [0.25, 0.3) is 0 Å². The van der Waals surface area contributed by atoms with Crippen molar-refractivity contribution in [2.24, 2.45) is 0 Å². The van der Waals surface area contributed by atoms with Crippen LogP contribution >= 0.6 is 11.8 Å². The van der Waals surface area contributed by atoms with Gasteiger partial charge in [-0.1, -0.05) is 151 Å². The molecule has 8 aromatic carbocycles. The fraction of sp³-hybridized carbons (Fsp3) is 0.0204. The van der Waals surface area contributed by atoms with Gasteiger partial charge in [-0.15, -0.1) is 0 Å². The largest absolute Gasteiger partial charge is 0.309 e. The molecule has 0 atom stereocenters. The Morgan fingerprint density at radius 3 is 1.63 bits per heavy atom. The zero-order chi connectivity index (χ0) is 34.2. The molecule has 0 aliphatic carbocycles. The van der Waals surface area contributed by atoms with Crippen molar-refractivity contribution < 1.29 is 0 Å². The first-order chi connectivity index (χ1) is 25.8. The summed E-state index contributed by atoms with van der Waals surface area (Å²) in [5, 5.41) is 2.54. The number of hydrogen-bond acceptors (Lipinski definition) is 2. The lowest BCUT2D eigenvalue weighted by Crippen LogP contribution is -2.35. The Bertz CT molecular complexity index is 2730. The van der Waals surface area contributed by atoms with Gasteiger partial charge in [-0.3, -0.25) is 0 Å². The molecule has 0 unspecified atom stereocenters. The predicted molar refractivity (Wildman–Crippen MR) is 217 cm³/mol. The maximum absolute atomic E-state index is 2.51. The Kier molecular flexibility index (Phi) is 6.43. The average Bonchev–Trinajstić information content (AvgIpc) is 3.56. The van der Waals surface area contributed by atoms with Gasteiger partial charge in [-0.25, -0.2) is 0 Å². The Hall–Kier alpha value is -6.29. The van der Waals surface area contributed by atoms with E-state index in [0.29, 0.717) is 0 Å². The molecule has 0 radical (unpaired) electrons. The fourth-order valence-corrected chi connectivity index (χ4v) is 9.94. The summed E-state index contributed by atoms with van der Waals surface area (Å²) in [4.78, 5) is 4.94. The molecule has 9 aromatic rings. The number of benzene rings is 8. The molecule has 2 aliphatic heterocycles. The second kappa shape index (κ2) is 11.4. The lowest BCUT2D eigenvalue weighted by Gasteiger charge is -2.41. The number of nitrogens with zero attached hydrogens (tertiary/aromatic N) is 2. The molecule has 3 heterocycles. The molecular formula is C49H32N2S. The van der Waals surface area contributed by atoms with Crippen molar-refractivity contribution >= 4 is 50.6 Å². The molecule has 0 saturated carbocycles. The van der Waals surface area contributed by atoms with Gasteiger partial charge in [0.1, 0.15) is 0 Å². The minimum absolute atomic E-state index is 0.466. The first-order valence-electron chi connectivity index (χ1n) is 17.9. The third kappa shape index (κ3) is 4.08. The molecule has 3 heteroatoms. The average molecular weight is 681 g/mol. The first-order valence-corrected chi connectivity index (χ1v) is 18.7. The molecule has 0 saturated heterocycles. The van der Waals surface area contributed by atoms with Crippen LogP contribution in [0.2, 0.25) is 0 Å². The van der Waals surface area contributed by atoms with Crippen molar-refractivity contribution in [1.82, 2.24) is 4.57 Å². The summed E-state index contributed by atoms with van der Waals surface area (Å²) in [5.74, 6) is 0. The number of aromatic nitrogens is 1. The third-order valence-corrected chi connectivity index (χ3v) is 12.2. The van der Waals surface area contributed by atoms with Crippen molar-refractivity contribution in [2.45, 2.75) is 15.2 Å². The maximum Gasteiger partial charge on any atom is 0.0742 e. The van der Waals surface area contributed by atoms with Gasteiger partial charge >= 0.3 is 0 Å². The molecule has 11 rings (SSSR count). The van der Waals surface area contributed by atoms with Gasteiger partial charge in [0, 0.05) is 26.3 Å². The van der Waals surface area contributed by atoms with Gasteiger partial charge in [-0.2, -0.15) is 0 Å². The van der Waals surface area contributed by atoms with E-state index >= 15 is 0 Å². The first kappa shape index (κ1) is 29.4. The molecule has 0 bridgehead atoms. The van der Waals surface area contributed by atoms with E-state index in [0.717, 1.165) is 5.69 Å². The van der Waals surface area contributed by atoms with Crippen molar-refractivity contribution in [3.05, 3.63) is 216 Å². The second-order valence-electron chi connectivity index (χ2n) is 13.7. The summed E-state index contributed by atoms with van der Waals surface area (Å²) in [6.07, 6.45) is 0. The maximum atomic E-state index is 2.51. The normalized spacial score (nSPS) is 13.8. The van der Waals surface area contributed by atoms with Crippen molar-refractivity contribution in [3.63, 3.8) is 0 Å². The lowest BCUT2D eigenvalue weighted by atomic mass is 9.63. The zero-order valence-corrected chi connectivity index (χ0v) is 29.1. The number of fused-ring (bicyclic) bond motifs is 7. The smallest absolute Gasteiger partial charge is 0.0742 e. The molecular weight excluding hydrogens is 649 g/mol. The van der Waals surface area contributed by atoms with Crippen molar-refractivity contribution in [3.8, 4) is 16.8 Å². The second-order valence-corrected chi connectivity index (χ2v) is 14.8. The third-order valence-electron chi connectivity index (χ3n) is 11.0. The SMILES string of the molecule is c1ccc(C2(c3ccccc3)c3ccccc3-n3c4ccc(-c5ccc(N6c7ccccc7Sc7ccccc76)cc5)cc4c4cccc2c43)cc1. The minimum atomic E-state index is -0.466. The summed E-state index contributed by atoms with van der Waals surface area (Å²) in [6.45, 7) is 0. The molecule has 0 spiro atoms. The van der Waals surface area contributed by atoms with E-state index in [9.17, 15) is 0 Å². The van der Waals surface area contributed by atoms with E-state index in [4.69, 9.17) is 0 Å². The fourth-order valence-electron chi connectivity index (χ4n) is 8.88. The Morgan fingerprint density at radius 2 is 0.962 bits per heavy atom. The Labute approximate surface area is 307 Å². The highest BCUT2D eigenvalue weighted by molar-refractivity contribution is 7.99. The molecule has 0 fully saturated rings. The number of rotatable bonds is 4. The van der Waals surface area contributed by atoms with Crippen LogP contribution in [0.1, 0.15) is 22.3 Å². The number of hydrogen-bond donors (Lipinski definition) is 0. The molecule has 52 heavy (non-hydrogen) atoms. The molecule has 0 N–H and O–H groups in total. The van der Waals surface area contributed by atoms with Crippen LogP contribution in [0.5, 0.6) is 0 Å². The van der Waals surface area contributed by atoms with Crippen LogP contribution in [0.15, 0.2) is 204 Å². The highest BCUT2D eigenvalue weighted by atomic mass is 32.2. The summed E-state index contributed by atoms with van der Waals surface area (Å²) in [6, 6.07) is 71.5. The Balaban J connectivity index is 1.10. The van der Waals surface area contributed by atoms with Gasteiger partial charge in [0.05, 0.1) is 33.5 Å². The van der Waals surface area contributed by atoms with Gasteiger partial charge in [0.15, 0.2) is 0 Å². The van der Waals surface area contributed by atoms with E-state index in [-0.39, 0.29) is 0 Å².